The van der Waals surface area contributed by atoms with Gasteiger partial charge in [0, 0.05) is 6.07 Å². The van der Waals surface area contributed by atoms with Crippen molar-refractivity contribution in [2.45, 2.75) is 4.90 Å². The van der Waals surface area contributed by atoms with Crippen LogP contribution < -0.4 is 0 Å². The van der Waals surface area contributed by atoms with Gasteiger partial charge in [0.25, 0.3) is 5.69 Å². The van der Waals surface area contributed by atoms with Gasteiger partial charge in [-0.15, -0.1) is 6.58 Å². The van der Waals surface area contributed by atoms with Crippen molar-refractivity contribution in [1.82, 2.24) is 0 Å². The molecule has 0 atom stereocenters. The minimum atomic E-state index is -3.56. The second-order valence-corrected chi connectivity index (χ2v) is 5.38. The van der Waals surface area contributed by atoms with E-state index in [9.17, 15) is 18.5 Å². The maximum atomic E-state index is 11.6. The number of sulfone groups is 1. The second kappa shape index (κ2) is 4.63. The fourth-order valence-corrected chi connectivity index (χ4v) is 2.33. The third-order valence-electron chi connectivity index (χ3n) is 1.81. The Hall–Kier alpha value is -1.40. The van der Waals surface area contributed by atoms with Crippen LogP contribution in [-0.4, -0.2) is 19.1 Å². The first kappa shape index (κ1) is 12.7. The van der Waals surface area contributed by atoms with Gasteiger partial charge in [-0.1, -0.05) is 17.7 Å². The molecular formula is C9H8ClNO4S. The second-order valence-electron chi connectivity index (χ2n) is 2.94. The standard InChI is InChI=1S/C9H8ClNO4S/c1-2-5-16(14,15)7-3-4-8(10)9(6-7)11(12)13/h2-4,6H,1,5H2. The number of hydrogen-bond acceptors (Lipinski definition) is 4. The average molecular weight is 262 g/mol. The van der Waals surface area contributed by atoms with Crippen LogP contribution in [0.2, 0.25) is 5.02 Å². The molecule has 0 aliphatic heterocycles. The molecule has 1 aromatic rings. The van der Waals surface area contributed by atoms with Gasteiger partial charge in [0.15, 0.2) is 9.84 Å². The molecule has 0 bridgehead atoms. The summed E-state index contributed by atoms with van der Waals surface area (Å²) < 4.78 is 23.2. The van der Waals surface area contributed by atoms with Crippen molar-refractivity contribution >= 4 is 27.1 Å². The third-order valence-corrected chi connectivity index (χ3v) is 3.78. The van der Waals surface area contributed by atoms with E-state index in [0.717, 1.165) is 6.07 Å². The number of nitro benzene ring substituents is 1. The van der Waals surface area contributed by atoms with Crippen molar-refractivity contribution in [3.63, 3.8) is 0 Å². The lowest BCUT2D eigenvalue weighted by atomic mass is 10.3. The maximum Gasteiger partial charge on any atom is 0.289 e. The molecule has 0 radical (unpaired) electrons. The summed E-state index contributed by atoms with van der Waals surface area (Å²) in [7, 11) is -3.56. The first-order chi connectivity index (χ1) is 7.38. The Morgan fingerprint density at radius 1 is 1.50 bits per heavy atom. The van der Waals surface area contributed by atoms with Crippen LogP contribution in [0.25, 0.3) is 0 Å². The van der Waals surface area contributed by atoms with Gasteiger partial charge < -0.3 is 0 Å². The van der Waals surface area contributed by atoms with Gasteiger partial charge in [-0.05, 0) is 12.1 Å². The topological polar surface area (TPSA) is 77.3 Å². The Balaban J connectivity index is 3.33. The summed E-state index contributed by atoms with van der Waals surface area (Å²) in [6.07, 6.45) is 1.22. The Labute approximate surface area is 97.4 Å². The van der Waals surface area contributed by atoms with Crippen LogP contribution in [0.4, 0.5) is 5.69 Å². The molecule has 0 N–H and O–H groups in total. The van der Waals surface area contributed by atoms with Gasteiger partial charge in [0.1, 0.15) is 5.02 Å². The summed E-state index contributed by atoms with van der Waals surface area (Å²) in [6, 6.07) is 3.37. The molecule has 7 heteroatoms. The first-order valence-corrected chi connectivity index (χ1v) is 6.19. The minimum absolute atomic E-state index is 0.0949. The van der Waals surface area contributed by atoms with Crippen LogP contribution >= 0.6 is 11.6 Å². The Bertz CT molecular complexity index is 538. The summed E-state index contributed by atoms with van der Waals surface area (Å²) in [5, 5.41) is 10.5. The fourth-order valence-electron chi connectivity index (χ4n) is 1.08. The number of halogens is 1. The van der Waals surface area contributed by atoms with Gasteiger partial charge in [-0.25, -0.2) is 8.42 Å². The predicted molar refractivity (Wildman–Crippen MR) is 60.4 cm³/mol. The smallest absolute Gasteiger partial charge is 0.258 e. The summed E-state index contributed by atoms with van der Waals surface area (Å²) in [5.74, 6) is -0.272. The number of hydrogen-bond donors (Lipinski definition) is 0. The highest BCUT2D eigenvalue weighted by molar-refractivity contribution is 7.91. The number of benzene rings is 1. The quantitative estimate of drug-likeness (QED) is 0.473. The molecule has 0 aromatic heterocycles. The summed E-state index contributed by atoms with van der Waals surface area (Å²) >= 11 is 5.56. The van der Waals surface area contributed by atoms with E-state index in [-0.39, 0.29) is 15.7 Å². The van der Waals surface area contributed by atoms with Crippen LogP contribution in [0.15, 0.2) is 35.7 Å². The lowest BCUT2D eigenvalue weighted by molar-refractivity contribution is -0.384. The molecule has 0 unspecified atom stereocenters. The first-order valence-electron chi connectivity index (χ1n) is 4.16. The van der Waals surface area contributed by atoms with E-state index < -0.39 is 20.4 Å². The van der Waals surface area contributed by atoms with E-state index in [2.05, 4.69) is 6.58 Å². The molecule has 16 heavy (non-hydrogen) atoms. The molecular weight excluding hydrogens is 254 g/mol. The van der Waals surface area contributed by atoms with E-state index in [1.54, 1.807) is 0 Å². The van der Waals surface area contributed by atoms with E-state index >= 15 is 0 Å². The predicted octanol–water partition coefficient (Wildman–Crippen LogP) is 2.21. The SMILES string of the molecule is C=CCS(=O)(=O)c1ccc(Cl)c([N+](=O)[O-])c1. The van der Waals surface area contributed by atoms with Crippen molar-refractivity contribution in [3.05, 3.63) is 46.0 Å². The van der Waals surface area contributed by atoms with Gasteiger partial charge >= 0.3 is 0 Å². The molecule has 0 aliphatic carbocycles. The minimum Gasteiger partial charge on any atom is -0.258 e. The van der Waals surface area contributed by atoms with Gasteiger partial charge in [-0.3, -0.25) is 10.1 Å². The molecule has 0 saturated heterocycles. The molecule has 0 fully saturated rings. The van der Waals surface area contributed by atoms with Gasteiger partial charge in [-0.2, -0.15) is 0 Å². The number of nitro groups is 1. The molecule has 5 nitrogen and oxygen atoms in total. The maximum absolute atomic E-state index is 11.6. The van der Waals surface area contributed by atoms with Crippen molar-refractivity contribution in [2.75, 3.05) is 5.75 Å². The van der Waals surface area contributed by atoms with Crippen molar-refractivity contribution in [1.29, 1.82) is 0 Å². The molecule has 0 heterocycles. The third kappa shape index (κ3) is 2.59. The summed E-state index contributed by atoms with van der Waals surface area (Å²) in [4.78, 5) is 9.70. The van der Waals surface area contributed by atoms with Crippen LogP contribution in [0.3, 0.4) is 0 Å². The lowest BCUT2D eigenvalue weighted by Crippen LogP contribution is -2.05. The van der Waals surface area contributed by atoms with E-state index in [0.29, 0.717) is 0 Å². The molecule has 0 spiro atoms. The average Bonchev–Trinajstić information content (AvgIpc) is 2.17. The van der Waals surface area contributed by atoms with Crippen LogP contribution in [0.5, 0.6) is 0 Å². The molecule has 0 aliphatic rings. The zero-order valence-electron chi connectivity index (χ0n) is 8.09. The lowest BCUT2D eigenvalue weighted by Gasteiger charge is -2.02. The highest BCUT2D eigenvalue weighted by Gasteiger charge is 2.19. The van der Waals surface area contributed by atoms with E-state index in [1.807, 2.05) is 0 Å². The molecule has 86 valence electrons. The Morgan fingerprint density at radius 2 is 2.12 bits per heavy atom. The highest BCUT2D eigenvalue weighted by atomic mass is 35.5. The zero-order chi connectivity index (χ0) is 12.3. The van der Waals surface area contributed by atoms with Gasteiger partial charge in [0.2, 0.25) is 0 Å². The Kier molecular flexibility index (Phi) is 3.66. The molecule has 0 saturated carbocycles. The van der Waals surface area contributed by atoms with Crippen molar-refractivity contribution in [3.8, 4) is 0 Å². The van der Waals surface area contributed by atoms with Crippen molar-refractivity contribution in [2.24, 2.45) is 0 Å². The van der Waals surface area contributed by atoms with E-state index in [4.69, 9.17) is 11.6 Å². The zero-order valence-corrected chi connectivity index (χ0v) is 9.66. The van der Waals surface area contributed by atoms with Crippen LogP contribution in [0, 0.1) is 10.1 Å². The highest BCUT2D eigenvalue weighted by Crippen LogP contribution is 2.27. The number of nitrogens with zero attached hydrogens (tertiary/aromatic N) is 1. The molecule has 1 rings (SSSR count). The summed E-state index contributed by atoms with van der Waals surface area (Å²) in [6.45, 7) is 3.31. The van der Waals surface area contributed by atoms with Crippen molar-refractivity contribution < 1.29 is 13.3 Å². The monoisotopic (exact) mass is 261 g/mol. The fraction of sp³-hybridized carbons (Fsp3) is 0.111. The largest absolute Gasteiger partial charge is 0.289 e. The molecule has 0 amide bonds. The van der Waals surface area contributed by atoms with E-state index in [1.165, 1.54) is 18.2 Å². The number of rotatable bonds is 4. The molecule has 1 aromatic carbocycles. The van der Waals surface area contributed by atoms with Gasteiger partial charge in [0.05, 0.1) is 15.6 Å². The normalized spacial score (nSPS) is 11.1. The Morgan fingerprint density at radius 3 is 2.62 bits per heavy atom. The summed E-state index contributed by atoms with van der Waals surface area (Å²) in [5.41, 5.74) is -0.424. The van der Waals surface area contributed by atoms with Crippen LogP contribution in [-0.2, 0) is 9.84 Å². The van der Waals surface area contributed by atoms with Crippen LogP contribution in [0.1, 0.15) is 0 Å².